The third-order valence-corrected chi connectivity index (χ3v) is 7.09. The largest absolute Gasteiger partial charge is 0.465 e. The molecule has 0 spiro atoms. The minimum absolute atomic E-state index is 0.122. The first kappa shape index (κ1) is 24.8. The number of nitrogens with one attached hydrogen (secondary N) is 1. The van der Waals surface area contributed by atoms with Crippen molar-refractivity contribution in [1.29, 1.82) is 0 Å². The smallest absolute Gasteiger partial charge is 0.316 e. The fraction of sp³-hybridized carbons (Fsp3) is 0.290. The summed E-state index contributed by atoms with van der Waals surface area (Å²) in [5.41, 5.74) is 6.06. The molecule has 0 amide bonds. The van der Waals surface area contributed by atoms with Crippen LogP contribution in [0.2, 0.25) is 0 Å². The first-order valence-electron chi connectivity index (χ1n) is 12.8. The topological polar surface area (TPSA) is 84.6 Å². The first-order valence-corrected chi connectivity index (χ1v) is 12.8. The van der Waals surface area contributed by atoms with Gasteiger partial charge >= 0.3 is 5.97 Å². The standard InChI is InChI=1S/C31H32N2O4/c1-3-36-30(35)31(17-18-31)26-13-11-24(12-14-26)23-7-9-25(10-8-23)29-28(21(2)33-37-29)27(34)6-4-5-22-15-19-32-20-16-22/h4-5,7-16,19,27,32,34H,3,6,17-18,20H2,1-2H3/b5-4+. The number of aromatic nitrogens is 1. The molecule has 2 aromatic carbocycles. The van der Waals surface area contributed by atoms with Gasteiger partial charge in [-0.3, -0.25) is 4.79 Å². The number of benzene rings is 2. The molecule has 1 aliphatic heterocycles. The van der Waals surface area contributed by atoms with Crippen molar-refractivity contribution in [3.05, 3.63) is 101 Å². The highest BCUT2D eigenvalue weighted by Crippen LogP contribution is 2.49. The fourth-order valence-corrected chi connectivity index (χ4v) is 4.82. The van der Waals surface area contributed by atoms with Crippen LogP contribution in [0.1, 0.15) is 49.1 Å². The van der Waals surface area contributed by atoms with Crippen molar-refractivity contribution in [2.45, 2.75) is 44.6 Å². The minimum Gasteiger partial charge on any atom is -0.465 e. The number of carbonyl (C=O) groups excluding carboxylic acids is 1. The number of aliphatic hydroxyl groups excluding tert-OH is 1. The molecule has 5 rings (SSSR count). The molecule has 2 aliphatic rings. The predicted molar refractivity (Wildman–Crippen MR) is 144 cm³/mol. The SMILES string of the molecule is CCOC(=O)C1(c2ccc(-c3ccc(-c4onc(C)c4C(O)C/C=C/C4=CCNC=C4)cc3)cc2)CC1. The second-order valence-corrected chi connectivity index (χ2v) is 9.57. The fourth-order valence-electron chi connectivity index (χ4n) is 4.82. The van der Waals surface area contributed by atoms with Crippen LogP contribution in [0.3, 0.4) is 0 Å². The molecule has 1 atom stereocenters. The Balaban J connectivity index is 1.30. The number of esters is 1. The number of dihydropyridines is 1. The number of carbonyl (C=O) groups is 1. The van der Waals surface area contributed by atoms with E-state index >= 15 is 0 Å². The second-order valence-electron chi connectivity index (χ2n) is 9.57. The van der Waals surface area contributed by atoms with Crippen LogP contribution in [0.25, 0.3) is 22.5 Å². The van der Waals surface area contributed by atoms with Gasteiger partial charge in [-0.05, 0) is 67.6 Å². The molecule has 0 bridgehead atoms. The molecule has 0 radical (unpaired) electrons. The molecule has 1 fully saturated rings. The summed E-state index contributed by atoms with van der Waals surface area (Å²) in [6, 6.07) is 16.2. The zero-order valence-electron chi connectivity index (χ0n) is 21.2. The Bertz CT molecular complexity index is 1340. The number of allylic oxidation sites excluding steroid dienone is 3. The Morgan fingerprint density at radius 3 is 2.43 bits per heavy atom. The van der Waals surface area contributed by atoms with Gasteiger partial charge < -0.3 is 19.7 Å². The number of aliphatic hydroxyl groups is 1. The Kier molecular flexibility index (Phi) is 7.10. The molecule has 1 aliphatic carbocycles. The summed E-state index contributed by atoms with van der Waals surface area (Å²) in [6.07, 6.45) is 11.4. The van der Waals surface area contributed by atoms with Crippen LogP contribution in [0, 0.1) is 6.92 Å². The maximum atomic E-state index is 12.4. The zero-order chi connectivity index (χ0) is 25.8. The Morgan fingerprint density at radius 2 is 1.81 bits per heavy atom. The molecule has 1 saturated carbocycles. The highest BCUT2D eigenvalue weighted by Gasteiger charge is 2.52. The van der Waals surface area contributed by atoms with Crippen LogP contribution in [0.15, 0.2) is 89.1 Å². The Labute approximate surface area is 217 Å². The number of hydrogen-bond donors (Lipinski definition) is 2. The van der Waals surface area contributed by atoms with Crippen LogP contribution in [0.4, 0.5) is 0 Å². The van der Waals surface area contributed by atoms with Crippen molar-refractivity contribution in [2.75, 3.05) is 13.2 Å². The first-order chi connectivity index (χ1) is 18.0. The normalized spacial score (nSPS) is 16.8. The van der Waals surface area contributed by atoms with Crippen LogP contribution < -0.4 is 5.32 Å². The van der Waals surface area contributed by atoms with Crippen LogP contribution in [-0.2, 0) is 14.9 Å². The van der Waals surface area contributed by atoms with Gasteiger partial charge in [-0.1, -0.05) is 71.9 Å². The van der Waals surface area contributed by atoms with E-state index in [4.69, 9.17) is 9.26 Å². The molecule has 3 aromatic rings. The van der Waals surface area contributed by atoms with Gasteiger partial charge in [0.2, 0.25) is 0 Å². The lowest BCUT2D eigenvalue weighted by molar-refractivity contribution is -0.146. The van der Waals surface area contributed by atoms with Gasteiger partial charge in [0, 0.05) is 12.1 Å². The molecule has 0 saturated heterocycles. The van der Waals surface area contributed by atoms with Crippen molar-refractivity contribution >= 4 is 5.97 Å². The zero-order valence-corrected chi connectivity index (χ0v) is 21.2. The number of ether oxygens (including phenoxy) is 1. The number of nitrogens with zero attached hydrogens (tertiary/aromatic N) is 1. The number of rotatable bonds is 9. The van der Waals surface area contributed by atoms with Crippen LogP contribution in [0.5, 0.6) is 0 Å². The molecule has 6 nitrogen and oxygen atoms in total. The van der Waals surface area contributed by atoms with E-state index in [1.807, 2.05) is 74.7 Å². The van der Waals surface area contributed by atoms with Crippen molar-refractivity contribution in [3.8, 4) is 22.5 Å². The maximum absolute atomic E-state index is 12.4. The molecular formula is C31H32N2O4. The lowest BCUT2D eigenvalue weighted by Crippen LogP contribution is -2.23. The lowest BCUT2D eigenvalue weighted by Gasteiger charge is -2.15. The van der Waals surface area contributed by atoms with E-state index in [2.05, 4.69) is 28.7 Å². The van der Waals surface area contributed by atoms with E-state index < -0.39 is 11.5 Å². The molecular weight excluding hydrogens is 464 g/mol. The van der Waals surface area contributed by atoms with Crippen molar-refractivity contribution < 1.29 is 19.2 Å². The summed E-state index contributed by atoms with van der Waals surface area (Å²) < 4.78 is 10.9. The van der Waals surface area contributed by atoms with Crippen molar-refractivity contribution in [3.63, 3.8) is 0 Å². The summed E-state index contributed by atoms with van der Waals surface area (Å²) in [4.78, 5) is 12.4. The predicted octanol–water partition coefficient (Wildman–Crippen LogP) is 5.93. The summed E-state index contributed by atoms with van der Waals surface area (Å²) in [5.74, 6) is 0.467. The van der Waals surface area contributed by atoms with Gasteiger partial charge in [-0.2, -0.15) is 0 Å². The molecule has 190 valence electrons. The average molecular weight is 497 g/mol. The van der Waals surface area contributed by atoms with E-state index in [1.165, 1.54) is 0 Å². The summed E-state index contributed by atoms with van der Waals surface area (Å²) >= 11 is 0. The highest BCUT2D eigenvalue weighted by atomic mass is 16.5. The summed E-state index contributed by atoms with van der Waals surface area (Å²) in [5, 5.41) is 18.2. The van der Waals surface area contributed by atoms with Gasteiger partial charge in [-0.25, -0.2) is 0 Å². The summed E-state index contributed by atoms with van der Waals surface area (Å²) in [7, 11) is 0. The molecule has 37 heavy (non-hydrogen) atoms. The van der Waals surface area contributed by atoms with E-state index in [-0.39, 0.29) is 5.97 Å². The number of hydrogen-bond acceptors (Lipinski definition) is 6. The molecule has 1 unspecified atom stereocenters. The molecule has 2 N–H and O–H groups in total. The molecule has 6 heteroatoms. The third-order valence-electron chi connectivity index (χ3n) is 7.09. The minimum atomic E-state index is -0.717. The van der Waals surface area contributed by atoms with Crippen LogP contribution in [-0.4, -0.2) is 29.4 Å². The van der Waals surface area contributed by atoms with Crippen molar-refractivity contribution in [2.24, 2.45) is 0 Å². The van der Waals surface area contributed by atoms with Crippen molar-refractivity contribution in [1.82, 2.24) is 10.5 Å². The van der Waals surface area contributed by atoms with Gasteiger partial charge in [-0.15, -0.1) is 0 Å². The highest BCUT2D eigenvalue weighted by molar-refractivity contribution is 5.87. The van der Waals surface area contributed by atoms with Gasteiger partial charge in [0.1, 0.15) is 0 Å². The van der Waals surface area contributed by atoms with Gasteiger partial charge in [0.05, 0.1) is 29.4 Å². The quantitative estimate of drug-likeness (QED) is 0.357. The Morgan fingerprint density at radius 1 is 1.14 bits per heavy atom. The van der Waals surface area contributed by atoms with E-state index in [0.717, 1.165) is 47.2 Å². The van der Waals surface area contributed by atoms with E-state index in [1.54, 1.807) is 0 Å². The Hall–Kier alpha value is -3.90. The average Bonchev–Trinajstić information content (AvgIpc) is 3.66. The van der Waals surface area contributed by atoms with Gasteiger partial charge in [0.25, 0.3) is 0 Å². The van der Waals surface area contributed by atoms with Gasteiger partial charge in [0.15, 0.2) is 5.76 Å². The second kappa shape index (κ2) is 10.6. The molecule has 1 aromatic heterocycles. The van der Waals surface area contributed by atoms with E-state index in [9.17, 15) is 9.90 Å². The lowest BCUT2D eigenvalue weighted by atomic mass is 9.93. The van der Waals surface area contributed by atoms with E-state index in [0.29, 0.717) is 30.0 Å². The van der Waals surface area contributed by atoms with Crippen LogP contribution >= 0.6 is 0 Å². The maximum Gasteiger partial charge on any atom is 0.316 e. The molecule has 2 heterocycles. The number of aryl methyl sites for hydroxylation is 1. The third kappa shape index (κ3) is 5.16. The summed E-state index contributed by atoms with van der Waals surface area (Å²) in [6.45, 7) is 4.90. The monoisotopic (exact) mass is 496 g/mol.